The molecule has 36 heavy (non-hydrogen) atoms. The fraction of sp³-hybridized carbons (Fsp3) is 0.346. The van der Waals surface area contributed by atoms with Crippen LogP contribution in [0.5, 0.6) is 5.75 Å². The van der Waals surface area contributed by atoms with Gasteiger partial charge in [-0.05, 0) is 82.0 Å². The molecule has 0 saturated carbocycles. The first-order valence-electron chi connectivity index (χ1n) is 11.8. The number of aromatic nitrogens is 7. The van der Waals surface area contributed by atoms with Crippen LogP contribution in [0.25, 0.3) is 44.6 Å². The Labute approximate surface area is 214 Å². The minimum atomic E-state index is -0.0214. The molecule has 0 amide bonds. The smallest absolute Gasteiger partial charge is 0.201 e. The van der Waals surface area contributed by atoms with Crippen LogP contribution in [-0.2, 0) is 0 Å². The molecule has 0 atom stereocenters. The zero-order chi connectivity index (χ0) is 24.4. The lowest BCUT2D eigenvalue weighted by molar-refractivity contribution is 0.127. The number of nitrogens with one attached hydrogen (secondary N) is 2. The van der Waals surface area contributed by atoms with E-state index in [0.29, 0.717) is 22.4 Å². The highest BCUT2D eigenvalue weighted by Gasteiger charge is 2.39. The summed E-state index contributed by atoms with van der Waals surface area (Å²) in [4.78, 5) is 7.46. The minimum absolute atomic E-state index is 0. The molecule has 0 bridgehead atoms. The topological polar surface area (TPSA) is 117 Å². The Hall–Kier alpha value is -3.56. The first-order chi connectivity index (χ1) is 16.7. The summed E-state index contributed by atoms with van der Waals surface area (Å²) in [5, 5.41) is 33.4. The SMILES string of the molecule is CC1(C)CC(n2nnc3cc(-c4ccc(-c5ccnc6[nH]ccc56)cc4O)nnc32)CC(C)(C)N1.Cl. The van der Waals surface area contributed by atoms with Gasteiger partial charge in [-0.1, -0.05) is 11.3 Å². The van der Waals surface area contributed by atoms with E-state index in [4.69, 9.17) is 0 Å². The number of rotatable bonds is 3. The number of phenols is 1. The van der Waals surface area contributed by atoms with E-state index in [1.165, 1.54) is 0 Å². The van der Waals surface area contributed by atoms with Gasteiger partial charge in [0.1, 0.15) is 16.9 Å². The summed E-state index contributed by atoms with van der Waals surface area (Å²) in [6.45, 7) is 8.85. The third-order valence-electron chi connectivity index (χ3n) is 6.78. The predicted molar refractivity (Wildman–Crippen MR) is 142 cm³/mol. The Balaban J connectivity index is 0.00000267. The van der Waals surface area contributed by atoms with Crippen molar-refractivity contribution in [1.29, 1.82) is 0 Å². The molecular weight excluding hydrogens is 476 g/mol. The Morgan fingerprint density at radius 2 is 1.72 bits per heavy atom. The molecule has 5 heterocycles. The molecule has 1 aromatic carbocycles. The number of hydrogen-bond acceptors (Lipinski definition) is 7. The number of H-pyrrole nitrogens is 1. The molecule has 9 nitrogen and oxygen atoms in total. The number of hydrogen-bond donors (Lipinski definition) is 3. The predicted octanol–water partition coefficient (Wildman–Crippen LogP) is 5.04. The molecule has 4 aromatic heterocycles. The largest absolute Gasteiger partial charge is 0.507 e. The average Bonchev–Trinajstić information content (AvgIpc) is 3.43. The van der Waals surface area contributed by atoms with Gasteiger partial charge in [0, 0.05) is 34.4 Å². The van der Waals surface area contributed by atoms with E-state index in [1.54, 1.807) is 12.3 Å². The molecule has 0 spiro atoms. The number of halogens is 1. The van der Waals surface area contributed by atoms with Crippen LogP contribution in [0.3, 0.4) is 0 Å². The van der Waals surface area contributed by atoms with E-state index < -0.39 is 0 Å². The third-order valence-corrected chi connectivity index (χ3v) is 6.78. The number of aromatic amines is 1. The summed E-state index contributed by atoms with van der Waals surface area (Å²) >= 11 is 0. The van der Waals surface area contributed by atoms with E-state index >= 15 is 0 Å². The van der Waals surface area contributed by atoms with Crippen LogP contribution in [0.4, 0.5) is 0 Å². The number of phenolic OH excluding ortho intramolecular Hbond substituents is 1. The maximum Gasteiger partial charge on any atom is 0.201 e. The lowest BCUT2D eigenvalue weighted by Gasteiger charge is -2.46. The molecule has 1 saturated heterocycles. The van der Waals surface area contributed by atoms with Gasteiger partial charge in [-0.25, -0.2) is 9.67 Å². The van der Waals surface area contributed by atoms with Crippen molar-refractivity contribution in [1.82, 2.24) is 40.5 Å². The molecule has 1 aliphatic heterocycles. The fourth-order valence-electron chi connectivity index (χ4n) is 5.70. The van der Waals surface area contributed by atoms with Crippen LogP contribution in [-0.4, -0.2) is 51.3 Å². The molecule has 3 N–H and O–H groups in total. The van der Waals surface area contributed by atoms with Gasteiger partial charge in [-0.3, -0.25) is 0 Å². The zero-order valence-electron chi connectivity index (χ0n) is 20.6. The zero-order valence-corrected chi connectivity index (χ0v) is 21.5. The molecule has 0 radical (unpaired) electrons. The Morgan fingerprint density at radius 1 is 0.944 bits per heavy atom. The summed E-state index contributed by atoms with van der Waals surface area (Å²) in [5.41, 5.74) is 5.14. The maximum atomic E-state index is 10.9. The molecule has 5 aromatic rings. The van der Waals surface area contributed by atoms with Crippen LogP contribution in [0.2, 0.25) is 0 Å². The van der Waals surface area contributed by atoms with Gasteiger partial charge in [-0.15, -0.1) is 27.7 Å². The maximum absolute atomic E-state index is 10.9. The fourth-order valence-corrected chi connectivity index (χ4v) is 5.70. The molecule has 6 rings (SSSR count). The van der Waals surface area contributed by atoms with E-state index in [9.17, 15) is 5.11 Å². The summed E-state index contributed by atoms with van der Waals surface area (Å²) in [7, 11) is 0. The average molecular weight is 505 g/mol. The lowest BCUT2D eigenvalue weighted by Crippen LogP contribution is -2.58. The van der Waals surface area contributed by atoms with Crippen molar-refractivity contribution in [2.75, 3.05) is 0 Å². The Morgan fingerprint density at radius 3 is 2.47 bits per heavy atom. The molecule has 1 aliphatic rings. The number of nitrogens with zero attached hydrogens (tertiary/aromatic N) is 6. The second-order valence-electron chi connectivity index (χ2n) is 10.8. The molecule has 1 fully saturated rings. The van der Waals surface area contributed by atoms with Gasteiger partial charge in [0.2, 0.25) is 5.65 Å². The number of aromatic hydroxyl groups is 1. The van der Waals surface area contributed by atoms with Crippen LogP contribution in [0.15, 0.2) is 48.8 Å². The summed E-state index contributed by atoms with van der Waals surface area (Å²) < 4.78 is 1.91. The highest BCUT2D eigenvalue weighted by atomic mass is 35.5. The standard InChI is InChI=1S/C26H28N8O.ClH/c1-25(2)13-16(14-26(3,4)32-25)34-24-21(30-33-34)12-20(29-31-24)19-6-5-15(11-22(19)35)17-7-9-27-23-18(17)8-10-28-23;/h5-12,16,32,35H,13-14H2,1-4H3,(H,27,28);1H. The second kappa shape index (κ2) is 8.53. The van der Waals surface area contributed by atoms with Gasteiger partial charge < -0.3 is 15.4 Å². The van der Waals surface area contributed by atoms with Crippen molar-refractivity contribution in [2.24, 2.45) is 0 Å². The first kappa shape index (κ1) is 24.1. The first-order valence-corrected chi connectivity index (χ1v) is 11.8. The van der Waals surface area contributed by atoms with Crippen molar-refractivity contribution in [2.45, 2.75) is 57.7 Å². The molecule has 186 valence electrons. The lowest BCUT2D eigenvalue weighted by atomic mass is 9.80. The normalized spacial score (nSPS) is 17.3. The van der Waals surface area contributed by atoms with E-state index in [2.05, 4.69) is 63.5 Å². The van der Waals surface area contributed by atoms with Crippen molar-refractivity contribution in [3.05, 3.63) is 48.8 Å². The second-order valence-corrected chi connectivity index (χ2v) is 10.8. The Kier molecular flexibility index (Phi) is 5.72. The van der Waals surface area contributed by atoms with Gasteiger partial charge in [0.05, 0.1) is 11.7 Å². The molecule has 10 heteroatoms. The van der Waals surface area contributed by atoms with Crippen molar-refractivity contribution in [3.63, 3.8) is 0 Å². The van der Waals surface area contributed by atoms with Crippen LogP contribution in [0, 0.1) is 0 Å². The number of fused-ring (bicyclic) bond motifs is 2. The summed E-state index contributed by atoms with van der Waals surface area (Å²) in [6, 6.07) is 11.5. The van der Waals surface area contributed by atoms with Crippen LogP contribution >= 0.6 is 12.4 Å². The highest BCUT2D eigenvalue weighted by molar-refractivity contribution is 5.93. The van der Waals surface area contributed by atoms with Gasteiger partial charge >= 0.3 is 0 Å². The minimum Gasteiger partial charge on any atom is -0.507 e. The monoisotopic (exact) mass is 504 g/mol. The van der Waals surface area contributed by atoms with Gasteiger partial charge in [0.15, 0.2) is 0 Å². The van der Waals surface area contributed by atoms with E-state index in [0.717, 1.165) is 35.0 Å². The molecular formula is C26H29ClN8O. The molecule has 0 aliphatic carbocycles. The van der Waals surface area contributed by atoms with Crippen LogP contribution < -0.4 is 5.32 Å². The van der Waals surface area contributed by atoms with Crippen molar-refractivity contribution >= 4 is 34.6 Å². The number of pyridine rings is 1. The quantitative estimate of drug-likeness (QED) is 0.315. The summed E-state index contributed by atoms with van der Waals surface area (Å²) in [5.74, 6) is 0.130. The number of piperidine rings is 1. The van der Waals surface area contributed by atoms with Crippen LogP contribution in [0.1, 0.15) is 46.6 Å². The third kappa shape index (κ3) is 4.18. The summed E-state index contributed by atoms with van der Waals surface area (Å²) in [6.07, 6.45) is 5.46. The Bertz CT molecular complexity index is 1560. The van der Waals surface area contributed by atoms with E-state index in [-0.39, 0.29) is 35.3 Å². The highest BCUT2D eigenvalue weighted by Crippen LogP contribution is 2.38. The van der Waals surface area contributed by atoms with Gasteiger partial charge in [-0.2, -0.15) is 0 Å². The van der Waals surface area contributed by atoms with Crippen molar-refractivity contribution in [3.8, 4) is 28.1 Å². The van der Waals surface area contributed by atoms with E-state index in [1.807, 2.05) is 41.2 Å². The number of benzene rings is 1. The van der Waals surface area contributed by atoms with Gasteiger partial charge in [0.25, 0.3) is 0 Å². The molecule has 0 unspecified atom stereocenters. The van der Waals surface area contributed by atoms with Crippen molar-refractivity contribution < 1.29 is 5.11 Å².